The van der Waals surface area contributed by atoms with Crippen molar-refractivity contribution in [1.82, 2.24) is 9.62 Å². The molecule has 2 aromatic carbocycles. The number of hydrogen-bond donors (Lipinski definition) is 1. The predicted molar refractivity (Wildman–Crippen MR) is 120 cm³/mol. The highest BCUT2D eigenvalue weighted by Gasteiger charge is 2.32. The van der Waals surface area contributed by atoms with Gasteiger partial charge in [0.15, 0.2) is 11.6 Å². The minimum Gasteiger partial charge on any atom is -0.378 e. The van der Waals surface area contributed by atoms with Crippen LogP contribution in [-0.2, 0) is 21.2 Å². The summed E-state index contributed by atoms with van der Waals surface area (Å²) in [7, 11) is 0.0676. The molecule has 0 aliphatic carbocycles. The molecule has 174 valence electrons. The molecule has 1 heterocycles. The van der Waals surface area contributed by atoms with Crippen LogP contribution in [0.3, 0.4) is 0 Å². The molecule has 0 unspecified atom stereocenters. The zero-order valence-corrected chi connectivity index (χ0v) is 19.2. The number of aryl methyl sites for hydroxylation is 1. The number of anilines is 1. The standard InChI is InChI=1S/C23H29F2N3O3S/c1-27(2)19-7-5-17(6-8-19)4-3-13-26-23(29)18-11-14-28(15-12-18)32(30,31)20-9-10-21(24)22(25)16-20/h5-10,16,18H,3-4,11-15H2,1-2H3,(H,26,29). The van der Waals surface area contributed by atoms with Gasteiger partial charge >= 0.3 is 0 Å². The number of halogens is 2. The summed E-state index contributed by atoms with van der Waals surface area (Å²) in [5.74, 6) is -2.62. The summed E-state index contributed by atoms with van der Waals surface area (Å²) in [5.41, 5.74) is 2.35. The number of nitrogens with zero attached hydrogens (tertiary/aromatic N) is 2. The Morgan fingerprint density at radius 2 is 1.72 bits per heavy atom. The zero-order chi connectivity index (χ0) is 23.3. The van der Waals surface area contributed by atoms with Crippen molar-refractivity contribution in [3.05, 3.63) is 59.7 Å². The van der Waals surface area contributed by atoms with E-state index in [4.69, 9.17) is 0 Å². The molecule has 1 saturated heterocycles. The predicted octanol–water partition coefficient (Wildman–Crippen LogP) is 3.18. The van der Waals surface area contributed by atoms with E-state index in [0.29, 0.717) is 25.5 Å². The smallest absolute Gasteiger partial charge is 0.243 e. The van der Waals surface area contributed by atoms with Gasteiger partial charge < -0.3 is 10.2 Å². The molecule has 1 aliphatic rings. The molecule has 6 nitrogen and oxygen atoms in total. The van der Waals surface area contributed by atoms with Gasteiger partial charge in [-0.15, -0.1) is 0 Å². The van der Waals surface area contributed by atoms with Crippen molar-refractivity contribution in [2.45, 2.75) is 30.6 Å². The Labute approximate surface area is 188 Å². The maximum Gasteiger partial charge on any atom is 0.243 e. The van der Waals surface area contributed by atoms with E-state index in [1.165, 1.54) is 9.87 Å². The lowest BCUT2D eigenvalue weighted by Gasteiger charge is -2.30. The highest BCUT2D eigenvalue weighted by atomic mass is 32.2. The SMILES string of the molecule is CN(C)c1ccc(CCCNC(=O)C2CCN(S(=O)(=O)c3ccc(F)c(F)c3)CC2)cc1. The number of carbonyl (C=O) groups is 1. The lowest BCUT2D eigenvalue weighted by atomic mass is 9.97. The van der Waals surface area contributed by atoms with Crippen molar-refractivity contribution in [3.63, 3.8) is 0 Å². The third-order valence-corrected chi connectivity index (χ3v) is 7.64. The minimum absolute atomic E-state index is 0.0715. The Bertz CT molecular complexity index is 1030. The Hall–Kier alpha value is -2.52. The molecular weight excluding hydrogens is 436 g/mol. The van der Waals surface area contributed by atoms with Crippen molar-refractivity contribution in [2.24, 2.45) is 5.92 Å². The Morgan fingerprint density at radius 1 is 1.06 bits per heavy atom. The van der Waals surface area contributed by atoms with Gasteiger partial charge in [-0.3, -0.25) is 4.79 Å². The van der Waals surface area contributed by atoms with Crippen LogP contribution in [0.25, 0.3) is 0 Å². The van der Waals surface area contributed by atoms with E-state index in [2.05, 4.69) is 29.6 Å². The first kappa shape index (κ1) is 24.1. The molecular formula is C23H29F2N3O3S. The largest absolute Gasteiger partial charge is 0.378 e. The van der Waals surface area contributed by atoms with E-state index < -0.39 is 21.7 Å². The van der Waals surface area contributed by atoms with E-state index >= 15 is 0 Å². The Morgan fingerprint density at radius 3 is 2.31 bits per heavy atom. The van der Waals surface area contributed by atoms with E-state index in [0.717, 1.165) is 30.7 Å². The summed E-state index contributed by atoms with van der Waals surface area (Å²) in [6.07, 6.45) is 2.46. The van der Waals surface area contributed by atoms with Crippen molar-refractivity contribution in [2.75, 3.05) is 38.6 Å². The van der Waals surface area contributed by atoms with Crippen LogP contribution in [-0.4, -0.2) is 52.4 Å². The molecule has 9 heteroatoms. The van der Waals surface area contributed by atoms with Crippen molar-refractivity contribution in [3.8, 4) is 0 Å². The fourth-order valence-electron chi connectivity index (χ4n) is 3.75. The van der Waals surface area contributed by atoms with Gasteiger partial charge in [0, 0.05) is 45.3 Å². The summed E-state index contributed by atoms with van der Waals surface area (Å²) in [6, 6.07) is 10.9. The molecule has 0 radical (unpaired) electrons. The molecule has 1 aliphatic heterocycles. The molecule has 1 N–H and O–H groups in total. The Kier molecular flexibility index (Phi) is 7.84. The molecule has 0 spiro atoms. The topological polar surface area (TPSA) is 69.7 Å². The maximum atomic E-state index is 13.4. The second kappa shape index (κ2) is 10.4. The molecule has 0 atom stereocenters. The number of carbonyl (C=O) groups excluding carboxylic acids is 1. The van der Waals surface area contributed by atoms with Crippen LogP contribution in [0.4, 0.5) is 14.5 Å². The zero-order valence-electron chi connectivity index (χ0n) is 18.4. The van der Waals surface area contributed by atoms with Gasteiger partial charge in [0.25, 0.3) is 0 Å². The number of piperidine rings is 1. The van der Waals surface area contributed by atoms with Gasteiger partial charge in [-0.1, -0.05) is 12.1 Å². The van der Waals surface area contributed by atoms with Crippen LogP contribution in [0.2, 0.25) is 0 Å². The molecule has 1 fully saturated rings. The highest BCUT2D eigenvalue weighted by molar-refractivity contribution is 7.89. The van der Waals surface area contributed by atoms with Gasteiger partial charge in [0.05, 0.1) is 4.90 Å². The Balaban J connectivity index is 1.43. The first-order chi connectivity index (χ1) is 15.2. The monoisotopic (exact) mass is 465 g/mol. The van der Waals surface area contributed by atoms with E-state index in [9.17, 15) is 22.0 Å². The van der Waals surface area contributed by atoms with Gasteiger partial charge in [-0.25, -0.2) is 17.2 Å². The van der Waals surface area contributed by atoms with E-state index in [-0.39, 0.29) is 29.8 Å². The first-order valence-electron chi connectivity index (χ1n) is 10.7. The third kappa shape index (κ3) is 5.83. The van der Waals surface area contributed by atoms with Crippen LogP contribution in [0.1, 0.15) is 24.8 Å². The van der Waals surface area contributed by atoms with Crippen molar-refractivity contribution in [1.29, 1.82) is 0 Å². The molecule has 3 rings (SSSR count). The fourth-order valence-corrected chi connectivity index (χ4v) is 5.24. The van der Waals surface area contributed by atoms with Crippen LogP contribution in [0.15, 0.2) is 47.4 Å². The summed E-state index contributed by atoms with van der Waals surface area (Å²) in [4.78, 5) is 14.2. The number of rotatable bonds is 8. The fraction of sp³-hybridized carbons (Fsp3) is 0.435. The second-order valence-corrected chi connectivity index (χ2v) is 10.1. The van der Waals surface area contributed by atoms with Gasteiger partial charge in [-0.05, 0) is 61.6 Å². The molecule has 2 aromatic rings. The molecule has 0 bridgehead atoms. The van der Waals surface area contributed by atoms with Crippen LogP contribution < -0.4 is 10.2 Å². The highest BCUT2D eigenvalue weighted by Crippen LogP contribution is 2.25. The number of sulfonamides is 1. The quantitative estimate of drug-likeness (QED) is 0.608. The number of amides is 1. The van der Waals surface area contributed by atoms with Crippen LogP contribution >= 0.6 is 0 Å². The lowest BCUT2D eigenvalue weighted by molar-refractivity contribution is -0.126. The van der Waals surface area contributed by atoms with E-state index in [1.807, 2.05) is 19.0 Å². The average Bonchev–Trinajstić information content (AvgIpc) is 2.78. The summed E-state index contributed by atoms with van der Waals surface area (Å²) in [6.45, 7) is 0.886. The van der Waals surface area contributed by atoms with Crippen LogP contribution in [0.5, 0.6) is 0 Å². The molecule has 0 aromatic heterocycles. The van der Waals surface area contributed by atoms with Crippen molar-refractivity contribution < 1.29 is 22.0 Å². The summed E-state index contributed by atoms with van der Waals surface area (Å²) >= 11 is 0. The maximum absolute atomic E-state index is 13.4. The van der Waals surface area contributed by atoms with Crippen molar-refractivity contribution >= 4 is 21.6 Å². The lowest BCUT2D eigenvalue weighted by Crippen LogP contribution is -2.43. The van der Waals surface area contributed by atoms with Gasteiger partial charge in [0.2, 0.25) is 15.9 Å². The number of benzene rings is 2. The van der Waals surface area contributed by atoms with Crippen LogP contribution in [0, 0.1) is 17.6 Å². The normalized spacial score (nSPS) is 15.5. The molecule has 0 saturated carbocycles. The minimum atomic E-state index is -3.92. The van der Waals surface area contributed by atoms with E-state index in [1.54, 1.807) is 0 Å². The summed E-state index contributed by atoms with van der Waals surface area (Å²) in [5, 5.41) is 2.94. The summed E-state index contributed by atoms with van der Waals surface area (Å²) < 4.78 is 53.1. The third-order valence-electron chi connectivity index (χ3n) is 5.75. The van der Waals surface area contributed by atoms with Gasteiger partial charge in [-0.2, -0.15) is 4.31 Å². The molecule has 32 heavy (non-hydrogen) atoms. The number of hydrogen-bond acceptors (Lipinski definition) is 4. The number of nitrogens with one attached hydrogen (secondary N) is 1. The van der Waals surface area contributed by atoms with Gasteiger partial charge in [0.1, 0.15) is 0 Å². The first-order valence-corrected chi connectivity index (χ1v) is 12.1. The second-order valence-electron chi connectivity index (χ2n) is 8.21. The molecule has 1 amide bonds. The average molecular weight is 466 g/mol.